The summed E-state index contributed by atoms with van der Waals surface area (Å²) >= 11 is 0. The van der Waals surface area contributed by atoms with Crippen LogP contribution in [-0.2, 0) is 6.54 Å². The van der Waals surface area contributed by atoms with Gasteiger partial charge in [-0.3, -0.25) is 4.79 Å². The van der Waals surface area contributed by atoms with E-state index in [0.717, 1.165) is 16.8 Å². The fraction of sp³-hybridized carbons (Fsp3) is 0.154. The molecular weight excluding hydrogens is 200 g/mol. The van der Waals surface area contributed by atoms with Crippen LogP contribution in [0.1, 0.15) is 11.3 Å². The number of nitrogens with two attached hydrogens (primary N) is 1. The largest absolute Gasteiger partial charge is 0.326 e. The summed E-state index contributed by atoms with van der Waals surface area (Å²) in [6.45, 7) is 2.12. The van der Waals surface area contributed by atoms with Crippen LogP contribution in [0.5, 0.6) is 0 Å². The second kappa shape index (κ2) is 4.33. The van der Waals surface area contributed by atoms with Crippen LogP contribution in [0.15, 0.2) is 41.2 Å². The van der Waals surface area contributed by atoms with Crippen LogP contribution in [0, 0.1) is 6.92 Å². The third-order valence-electron chi connectivity index (χ3n) is 2.56. The summed E-state index contributed by atoms with van der Waals surface area (Å²) in [5, 5.41) is 0. The number of hydrogen-bond acceptors (Lipinski definition) is 2. The van der Waals surface area contributed by atoms with Gasteiger partial charge in [-0.05, 0) is 24.1 Å². The van der Waals surface area contributed by atoms with Gasteiger partial charge in [-0.15, -0.1) is 0 Å². The minimum Gasteiger partial charge on any atom is -0.326 e. The molecule has 0 bridgehead atoms. The van der Waals surface area contributed by atoms with Gasteiger partial charge >= 0.3 is 0 Å². The number of nitrogens with one attached hydrogen (secondary N) is 1. The number of hydrogen-bond donors (Lipinski definition) is 2. The molecule has 1 heterocycles. The predicted octanol–water partition coefficient (Wildman–Crippen LogP) is 1.81. The SMILES string of the molecule is Cc1cc(-c2ccccc2)c(CN)c(=O)[nH]1. The molecule has 0 aliphatic carbocycles. The first kappa shape index (κ1) is 10.6. The normalized spacial score (nSPS) is 10.4. The average molecular weight is 214 g/mol. The van der Waals surface area contributed by atoms with Crippen molar-refractivity contribution in [3.8, 4) is 11.1 Å². The molecule has 0 atom stereocenters. The smallest absolute Gasteiger partial charge is 0.253 e. The second-order valence-electron chi connectivity index (χ2n) is 3.74. The molecule has 3 heteroatoms. The second-order valence-corrected chi connectivity index (χ2v) is 3.74. The molecule has 0 radical (unpaired) electrons. The Morgan fingerprint density at radius 2 is 1.94 bits per heavy atom. The van der Waals surface area contributed by atoms with E-state index >= 15 is 0 Å². The monoisotopic (exact) mass is 214 g/mol. The summed E-state index contributed by atoms with van der Waals surface area (Å²) in [5.74, 6) is 0. The van der Waals surface area contributed by atoms with E-state index in [1.165, 1.54) is 0 Å². The van der Waals surface area contributed by atoms with E-state index in [4.69, 9.17) is 5.73 Å². The van der Waals surface area contributed by atoms with Crippen LogP contribution in [0.4, 0.5) is 0 Å². The van der Waals surface area contributed by atoms with Crippen molar-refractivity contribution in [2.75, 3.05) is 0 Å². The zero-order valence-corrected chi connectivity index (χ0v) is 9.16. The molecule has 3 N–H and O–H groups in total. The van der Waals surface area contributed by atoms with Crippen molar-refractivity contribution in [1.29, 1.82) is 0 Å². The van der Waals surface area contributed by atoms with Crippen molar-refractivity contribution in [3.63, 3.8) is 0 Å². The Balaban J connectivity index is 2.69. The quantitative estimate of drug-likeness (QED) is 0.801. The van der Waals surface area contributed by atoms with Crippen LogP contribution in [0.3, 0.4) is 0 Å². The summed E-state index contributed by atoms with van der Waals surface area (Å²) in [6, 6.07) is 11.8. The summed E-state index contributed by atoms with van der Waals surface area (Å²) in [4.78, 5) is 14.5. The molecule has 1 aromatic heterocycles. The molecule has 0 amide bonds. The fourth-order valence-corrected chi connectivity index (χ4v) is 1.79. The highest BCUT2D eigenvalue weighted by molar-refractivity contribution is 5.67. The number of aromatic amines is 1. The van der Waals surface area contributed by atoms with Gasteiger partial charge in [0.25, 0.3) is 5.56 Å². The lowest BCUT2D eigenvalue weighted by Gasteiger charge is -2.08. The van der Waals surface area contributed by atoms with Gasteiger partial charge in [0.15, 0.2) is 0 Å². The molecule has 2 rings (SSSR count). The zero-order chi connectivity index (χ0) is 11.5. The summed E-state index contributed by atoms with van der Waals surface area (Å²) in [5.41, 5.74) is 8.95. The minimum absolute atomic E-state index is 0.0960. The van der Waals surface area contributed by atoms with Crippen LogP contribution in [0.2, 0.25) is 0 Å². The summed E-state index contributed by atoms with van der Waals surface area (Å²) in [6.07, 6.45) is 0. The third-order valence-corrected chi connectivity index (χ3v) is 2.56. The van der Waals surface area contributed by atoms with Gasteiger partial charge in [-0.25, -0.2) is 0 Å². The van der Waals surface area contributed by atoms with Gasteiger partial charge in [0.1, 0.15) is 0 Å². The van der Waals surface area contributed by atoms with Crippen molar-refractivity contribution >= 4 is 0 Å². The van der Waals surface area contributed by atoms with Crippen LogP contribution < -0.4 is 11.3 Å². The Labute approximate surface area is 93.9 Å². The van der Waals surface area contributed by atoms with E-state index in [1.54, 1.807) is 0 Å². The molecule has 82 valence electrons. The molecule has 0 saturated carbocycles. The Kier molecular flexibility index (Phi) is 2.88. The Morgan fingerprint density at radius 1 is 1.25 bits per heavy atom. The highest BCUT2D eigenvalue weighted by atomic mass is 16.1. The number of H-pyrrole nitrogens is 1. The highest BCUT2D eigenvalue weighted by Gasteiger charge is 2.08. The zero-order valence-electron chi connectivity index (χ0n) is 9.16. The molecule has 0 spiro atoms. The Morgan fingerprint density at radius 3 is 2.56 bits per heavy atom. The maximum absolute atomic E-state index is 11.7. The molecular formula is C13H14N2O. The van der Waals surface area contributed by atoms with E-state index in [1.807, 2.05) is 43.3 Å². The molecule has 1 aromatic carbocycles. The van der Waals surface area contributed by atoms with Gasteiger partial charge in [-0.1, -0.05) is 30.3 Å². The van der Waals surface area contributed by atoms with Crippen molar-refractivity contribution in [2.24, 2.45) is 5.73 Å². The third kappa shape index (κ3) is 1.90. The van der Waals surface area contributed by atoms with Crippen LogP contribution in [-0.4, -0.2) is 4.98 Å². The van der Waals surface area contributed by atoms with E-state index in [9.17, 15) is 4.79 Å². The number of aryl methyl sites for hydroxylation is 1. The standard InChI is InChI=1S/C13H14N2O/c1-9-7-11(10-5-3-2-4-6-10)12(8-14)13(16)15-9/h2-7H,8,14H2,1H3,(H,15,16). The van der Waals surface area contributed by atoms with Crippen molar-refractivity contribution in [2.45, 2.75) is 13.5 Å². The first-order valence-corrected chi connectivity index (χ1v) is 5.20. The summed E-state index contributed by atoms with van der Waals surface area (Å²) in [7, 11) is 0. The predicted molar refractivity (Wildman–Crippen MR) is 65.1 cm³/mol. The van der Waals surface area contributed by atoms with Crippen molar-refractivity contribution in [1.82, 2.24) is 4.98 Å². The van der Waals surface area contributed by atoms with Gasteiger partial charge in [0.05, 0.1) is 0 Å². The molecule has 0 saturated heterocycles. The maximum atomic E-state index is 11.7. The molecule has 0 aliphatic rings. The minimum atomic E-state index is -0.0960. The van der Waals surface area contributed by atoms with Gasteiger partial charge in [0, 0.05) is 17.8 Å². The van der Waals surface area contributed by atoms with E-state index in [-0.39, 0.29) is 12.1 Å². The molecule has 16 heavy (non-hydrogen) atoms. The molecule has 0 aliphatic heterocycles. The number of aromatic nitrogens is 1. The fourth-order valence-electron chi connectivity index (χ4n) is 1.79. The van der Waals surface area contributed by atoms with Crippen molar-refractivity contribution < 1.29 is 0 Å². The van der Waals surface area contributed by atoms with E-state index in [2.05, 4.69) is 4.98 Å². The lowest BCUT2D eigenvalue weighted by atomic mass is 10.0. The molecule has 0 fully saturated rings. The first-order valence-electron chi connectivity index (χ1n) is 5.20. The molecule has 3 nitrogen and oxygen atoms in total. The topological polar surface area (TPSA) is 58.9 Å². The highest BCUT2D eigenvalue weighted by Crippen LogP contribution is 2.21. The van der Waals surface area contributed by atoms with E-state index < -0.39 is 0 Å². The number of rotatable bonds is 2. The van der Waals surface area contributed by atoms with Crippen molar-refractivity contribution in [3.05, 3.63) is 58.0 Å². The van der Waals surface area contributed by atoms with Crippen LogP contribution in [0.25, 0.3) is 11.1 Å². The Hall–Kier alpha value is -1.87. The average Bonchev–Trinajstić information content (AvgIpc) is 2.29. The first-order chi connectivity index (χ1) is 7.72. The molecule has 2 aromatic rings. The Bertz CT molecular complexity index is 544. The lowest BCUT2D eigenvalue weighted by Crippen LogP contribution is -2.18. The number of pyridine rings is 1. The van der Waals surface area contributed by atoms with Gasteiger partial charge in [-0.2, -0.15) is 0 Å². The number of benzene rings is 1. The van der Waals surface area contributed by atoms with Gasteiger partial charge in [0.2, 0.25) is 0 Å². The molecule has 0 unspecified atom stereocenters. The van der Waals surface area contributed by atoms with E-state index in [0.29, 0.717) is 5.56 Å². The van der Waals surface area contributed by atoms with Gasteiger partial charge < -0.3 is 10.7 Å². The van der Waals surface area contributed by atoms with Crippen LogP contribution >= 0.6 is 0 Å². The maximum Gasteiger partial charge on any atom is 0.253 e. The lowest BCUT2D eigenvalue weighted by molar-refractivity contribution is 1.00. The summed E-state index contributed by atoms with van der Waals surface area (Å²) < 4.78 is 0.